The van der Waals surface area contributed by atoms with Crippen LogP contribution >= 0.6 is 0 Å². The second kappa shape index (κ2) is 6.20. The zero-order valence-corrected chi connectivity index (χ0v) is 12.8. The molecule has 1 N–H and O–H groups in total. The maximum Gasteiger partial charge on any atom is 0.245 e. The molecule has 1 saturated heterocycles. The van der Waals surface area contributed by atoms with Crippen LogP contribution < -0.4 is 10.2 Å². The van der Waals surface area contributed by atoms with Gasteiger partial charge in [-0.05, 0) is 35.3 Å². The van der Waals surface area contributed by atoms with Gasteiger partial charge < -0.3 is 10.2 Å². The van der Waals surface area contributed by atoms with E-state index in [0.29, 0.717) is 17.1 Å². The molecule has 1 aromatic carbocycles. The Labute approximate surface area is 133 Å². The quantitative estimate of drug-likeness (QED) is 0.796. The van der Waals surface area contributed by atoms with E-state index < -0.39 is 0 Å². The summed E-state index contributed by atoms with van der Waals surface area (Å²) in [6.45, 7) is 1.96. The first kappa shape index (κ1) is 13.9. The Morgan fingerprint density at radius 3 is 2.30 bits per heavy atom. The van der Waals surface area contributed by atoms with Gasteiger partial charge in [0.2, 0.25) is 11.3 Å². The Morgan fingerprint density at radius 2 is 1.57 bits per heavy atom. The smallest absolute Gasteiger partial charge is 0.245 e. The van der Waals surface area contributed by atoms with Crippen LogP contribution in [0.15, 0.2) is 35.0 Å². The molecule has 1 aliphatic rings. The molecule has 7 nitrogen and oxygen atoms in total. The molecule has 0 bridgehead atoms. The van der Waals surface area contributed by atoms with Crippen molar-refractivity contribution in [3.05, 3.63) is 30.3 Å². The van der Waals surface area contributed by atoms with Gasteiger partial charge in [0.25, 0.3) is 0 Å². The van der Waals surface area contributed by atoms with E-state index in [1.165, 1.54) is 25.7 Å². The summed E-state index contributed by atoms with van der Waals surface area (Å²) in [5.41, 5.74) is 1.83. The van der Waals surface area contributed by atoms with Crippen LogP contribution in [0.5, 0.6) is 0 Å². The van der Waals surface area contributed by atoms with Crippen molar-refractivity contribution in [2.75, 3.05) is 23.3 Å². The molecule has 0 amide bonds. The van der Waals surface area contributed by atoms with Gasteiger partial charge >= 0.3 is 0 Å². The highest BCUT2D eigenvalue weighted by atomic mass is 16.6. The van der Waals surface area contributed by atoms with Crippen LogP contribution in [0.1, 0.15) is 25.7 Å². The summed E-state index contributed by atoms with van der Waals surface area (Å²) in [5.74, 6) is 1.51. The summed E-state index contributed by atoms with van der Waals surface area (Å²) < 4.78 is 4.77. The number of nitrogens with zero attached hydrogens (tertiary/aromatic N) is 5. The van der Waals surface area contributed by atoms with Crippen molar-refractivity contribution < 1.29 is 4.63 Å². The molecule has 7 heteroatoms. The average Bonchev–Trinajstić information content (AvgIpc) is 2.87. The minimum Gasteiger partial charge on any atom is -0.353 e. The highest BCUT2D eigenvalue weighted by Gasteiger charge is 2.19. The van der Waals surface area contributed by atoms with E-state index in [0.717, 1.165) is 24.6 Å². The van der Waals surface area contributed by atoms with Gasteiger partial charge in [-0.15, -0.1) is 0 Å². The van der Waals surface area contributed by atoms with Gasteiger partial charge in [-0.2, -0.15) is 0 Å². The highest BCUT2D eigenvalue weighted by molar-refractivity contribution is 5.76. The molecule has 118 valence electrons. The number of rotatable bonds is 3. The van der Waals surface area contributed by atoms with E-state index in [1.807, 2.05) is 30.3 Å². The molecule has 0 atom stereocenters. The maximum atomic E-state index is 4.77. The van der Waals surface area contributed by atoms with Crippen molar-refractivity contribution in [2.24, 2.45) is 0 Å². The second-order valence-electron chi connectivity index (χ2n) is 5.70. The van der Waals surface area contributed by atoms with Crippen LogP contribution in [0.2, 0.25) is 0 Å². The SMILES string of the molecule is c1ccc(Nc2nc3nonc3nc2N2CCCCCC2)cc1. The third-order valence-corrected chi connectivity index (χ3v) is 4.04. The number of fused-ring (bicyclic) bond motifs is 1. The molecule has 0 radical (unpaired) electrons. The number of aromatic nitrogens is 4. The lowest BCUT2D eigenvalue weighted by molar-refractivity contribution is 0.314. The molecule has 3 aromatic rings. The van der Waals surface area contributed by atoms with Crippen LogP contribution in [0, 0.1) is 0 Å². The fourth-order valence-electron chi connectivity index (χ4n) is 2.87. The molecule has 0 spiro atoms. The summed E-state index contributed by atoms with van der Waals surface area (Å²) >= 11 is 0. The number of hydrogen-bond donors (Lipinski definition) is 1. The minimum absolute atomic E-state index is 0.419. The monoisotopic (exact) mass is 310 g/mol. The third-order valence-electron chi connectivity index (χ3n) is 4.04. The Bertz CT molecular complexity index is 780. The topological polar surface area (TPSA) is 80.0 Å². The van der Waals surface area contributed by atoms with E-state index in [2.05, 4.69) is 30.5 Å². The van der Waals surface area contributed by atoms with Gasteiger partial charge in [0, 0.05) is 18.8 Å². The number of hydrogen-bond acceptors (Lipinski definition) is 7. The summed E-state index contributed by atoms with van der Waals surface area (Å²) in [4.78, 5) is 11.5. The van der Waals surface area contributed by atoms with Crippen LogP contribution in [-0.4, -0.2) is 33.4 Å². The van der Waals surface area contributed by atoms with E-state index >= 15 is 0 Å². The van der Waals surface area contributed by atoms with Crippen LogP contribution in [-0.2, 0) is 0 Å². The van der Waals surface area contributed by atoms with E-state index in [1.54, 1.807) is 0 Å². The standard InChI is InChI=1S/C16H18N6O/c1-2-7-11-22(10-6-1)16-15(17-12-8-4-3-5-9-12)18-13-14(19-16)21-23-20-13/h3-5,8-9H,1-2,6-7,10-11H2,(H,17,18,20). The normalized spacial score (nSPS) is 15.6. The van der Waals surface area contributed by atoms with E-state index in [4.69, 9.17) is 4.63 Å². The van der Waals surface area contributed by atoms with E-state index in [9.17, 15) is 0 Å². The molecule has 3 heterocycles. The lowest BCUT2D eigenvalue weighted by Gasteiger charge is -2.23. The van der Waals surface area contributed by atoms with E-state index in [-0.39, 0.29) is 0 Å². The lowest BCUT2D eigenvalue weighted by atomic mass is 10.2. The first-order chi connectivity index (χ1) is 11.4. The molecule has 23 heavy (non-hydrogen) atoms. The van der Waals surface area contributed by atoms with Crippen LogP contribution in [0.25, 0.3) is 11.3 Å². The summed E-state index contributed by atoms with van der Waals surface area (Å²) in [6.07, 6.45) is 4.86. The molecule has 0 saturated carbocycles. The fourth-order valence-corrected chi connectivity index (χ4v) is 2.87. The van der Waals surface area contributed by atoms with Gasteiger partial charge in [-0.3, -0.25) is 0 Å². The van der Waals surface area contributed by atoms with Crippen LogP contribution in [0.4, 0.5) is 17.3 Å². The second-order valence-corrected chi connectivity index (χ2v) is 5.70. The molecule has 0 aliphatic carbocycles. The molecule has 1 aliphatic heterocycles. The highest BCUT2D eigenvalue weighted by Crippen LogP contribution is 2.28. The third kappa shape index (κ3) is 2.94. The van der Waals surface area contributed by atoms with Gasteiger partial charge in [0.05, 0.1) is 0 Å². The van der Waals surface area contributed by atoms with Gasteiger partial charge in [-0.25, -0.2) is 14.6 Å². The number of benzene rings is 1. The molecule has 1 fully saturated rings. The number of para-hydroxylation sites is 1. The Morgan fingerprint density at radius 1 is 0.870 bits per heavy atom. The predicted molar refractivity (Wildman–Crippen MR) is 87.8 cm³/mol. The van der Waals surface area contributed by atoms with Gasteiger partial charge in [0.1, 0.15) is 0 Å². The van der Waals surface area contributed by atoms with Crippen molar-refractivity contribution in [3.63, 3.8) is 0 Å². The molecule has 2 aromatic heterocycles. The van der Waals surface area contributed by atoms with Gasteiger partial charge in [-0.1, -0.05) is 31.0 Å². The first-order valence-electron chi connectivity index (χ1n) is 7.97. The molecule has 0 unspecified atom stereocenters. The first-order valence-corrected chi connectivity index (χ1v) is 7.97. The molecular weight excluding hydrogens is 292 g/mol. The zero-order chi connectivity index (χ0) is 15.5. The number of anilines is 3. The zero-order valence-electron chi connectivity index (χ0n) is 12.8. The summed E-state index contributed by atoms with van der Waals surface area (Å²) in [5, 5.41) is 11.0. The lowest BCUT2D eigenvalue weighted by Crippen LogP contribution is -2.26. The summed E-state index contributed by atoms with van der Waals surface area (Å²) in [6, 6.07) is 9.95. The number of nitrogens with one attached hydrogen (secondary N) is 1. The fraction of sp³-hybridized carbons (Fsp3) is 0.375. The molecular formula is C16H18N6O. The minimum atomic E-state index is 0.419. The Balaban J connectivity index is 1.75. The van der Waals surface area contributed by atoms with Crippen molar-refractivity contribution in [2.45, 2.75) is 25.7 Å². The Kier molecular flexibility index (Phi) is 3.75. The van der Waals surface area contributed by atoms with Gasteiger partial charge in [0.15, 0.2) is 11.6 Å². The summed E-state index contributed by atoms with van der Waals surface area (Å²) in [7, 11) is 0. The van der Waals surface area contributed by atoms with Crippen molar-refractivity contribution in [1.29, 1.82) is 0 Å². The average molecular weight is 310 g/mol. The maximum absolute atomic E-state index is 4.77. The largest absolute Gasteiger partial charge is 0.353 e. The molecule has 4 rings (SSSR count). The van der Waals surface area contributed by atoms with Crippen molar-refractivity contribution in [3.8, 4) is 0 Å². The Hall–Kier alpha value is -2.70. The van der Waals surface area contributed by atoms with Crippen molar-refractivity contribution >= 4 is 28.6 Å². The van der Waals surface area contributed by atoms with Crippen molar-refractivity contribution in [1.82, 2.24) is 20.3 Å². The predicted octanol–water partition coefficient (Wildman–Crippen LogP) is 3.14. The van der Waals surface area contributed by atoms with Crippen LogP contribution in [0.3, 0.4) is 0 Å².